The molecule has 0 aliphatic rings. The van der Waals surface area contributed by atoms with Crippen LogP contribution in [0.25, 0.3) is 6.08 Å². The Morgan fingerprint density at radius 3 is 2.22 bits per heavy atom. The highest BCUT2D eigenvalue weighted by atomic mass is 32.1. The van der Waals surface area contributed by atoms with Gasteiger partial charge in [-0.3, -0.25) is 9.59 Å². The number of benzene rings is 2. The number of carbonyl (C=O) groups is 2. The first-order valence-electron chi connectivity index (χ1n) is 8.61. The van der Waals surface area contributed by atoms with E-state index in [9.17, 15) is 9.59 Å². The van der Waals surface area contributed by atoms with Gasteiger partial charge in [-0.2, -0.15) is 0 Å². The first-order chi connectivity index (χ1) is 13.1. The van der Waals surface area contributed by atoms with Gasteiger partial charge in [-0.15, -0.1) is 11.3 Å². The highest BCUT2D eigenvalue weighted by molar-refractivity contribution is 7.10. The highest BCUT2D eigenvalue weighted by Crippen LogP contribution is 2.15. The summed E-state index contributed by atoms with van der Waals surface area (Å²) in [6.45, 7) is 1.91. The molecule has 1 heterocycles. The van der Waals surface area contributed by atoms with Gasteiger partial charge in [0.15, 0.2) is 0 Å². The molecule has 2 aromatic carbocycles. The van der Waals surface area contributed by atoms with Crippen molar-refractivity contribution >= 4 is 29.2 Å². The van der Waals surface area contributed by atoms with Gasteiger partial charge < -0.3 is 10.6 Å². The fraction of sp³-hybridized carbons (Fsp3) is 0.0909. The average molecular weight is 376 g/mol. The van der Waals surface area contributed by atoms with Crippen LogP contribution in [0.3, 0.4) is 0 Å². The SMILES string of the molecule is C[C@@H](NC(=O)/C(=C/c1cccs1)NC(=O)c1ccccc1)c1ccccc1. The minimum Gasteiger partial charge on any atom is -0.344 e. The number of hydrogen-bond acceptors (Lipinski definition) is 3. The van der Waals surface area contributed by atoms with Crippen molar-refractivity contribution < 1.29 is 9.59 Å². The van der Waals surface area contributed by atoms with E-state index >= 15 is 0 Å². The topological polar surface area (TPSA) is 58.2 Å². The van der Waals surface area contributed by atoms with Gasteiger partial charge >= 0.3 is 0 Å². The van der Waals surface area contributed by atoms with Crippen molar-refractivity contribution in [3.8, 4) is 0 Å². The van der Waals surface area contributed by atoms with Crippen LogP contribution < -0.4 is 10.6 Å². The van der Waals surface area contributed by atoms with Gasteiger partial charge in [0.2, 0.25) is 0 Å². The molecule has 0 saturated heterocycles. The highest BCUT2D eigenvalue weighted by Gasteiger charge is 2.17. The van der Waals surface area contributed by atoms with Crippen molar-refractivity contribution in [2.45, 2.75) is 13.0 Å². The van der Waals surface area contributed by atoms with Gasteiger partial charge in [0.05, 0.1) is 6.04 Å². The summed E-state index contributed by atoms with van der Waals surface area (Å²) in [6.07, 6.45) is 1.69. The molecule has 0 aliphatic heterocycles. The van der Waals surface area contributed by atoms with E-state index in [4.69, 9.17) is 0 Å². The summed E-state index contributed by atoms with van der Waals surface area (Å²) in [5.74, 6) is -0.648. The molecular weight excluding hydrogens is 356 g/mol. The van der Waals surface area contributed by atoms with E-state index in [1.54, 1.807) is 30.3 Å². The molecule has 27 heavy (non-hydrogen) atoms. The molecule has 0 bridgehead atoms. The van der Waals surface area contributed by atoms with E-state index in [-0.39, 0.29) is 23.6 Å². The fourth-order valence-electron chi connectivity index (χ4n) is 2.56. The van der Waals surface area contributed by atoms with Crippen molar-refractivity contribution in [3.63, 3.8) is 0 Å². The maximum Gasteiger partial charge on any atom is 0.268 e. The molecule has 4 nitrogen and oxygen atoms in total. The summed E-state index contributed by atoms with van der Waals surface area (Å²) in [5.41, 5.74) is 1.71. The Bertz CT molecular complexity index is 919. The quantitative estimate of drug-likeness (QED) is 0.627. The third-order valence-corrected chi connectivity index (χ3v) is 4.83. The molecule has 3 aromatic rings. The summed E-state index contributed by atoms with van der Waals surface area (Å²) in [6, 6.07) is 22.1. The van der Waals surface area contributed by atoms with Crippen LogP contribution in [0, 0.1) is 0 Å². The second-order valence-electron chi connectivity index (χ2n) is 6.00. The zero-order valence-electron chi connectivity index (χ0n) is 14.9. The van der Waals surface area contributed by atoms with Crippen LogP contribution in [0.2, 0.25) is 0 Å². The summed E-state index contributed by atoms with van der Waals surface area (Å²) >= 11 is 1.50. The first kappa shape index (κ1) is 18.6. The van der Waals surface area contributed by atoms with Gasteiger partial charge in [-0.05, 0) is 42.1 Å². The molecular formula is C22H20N2O2S. The lowest BCUT2D eigenvalue weighted by Gasteiger charge is -2.16. The largest absolute Gasteiger partial charge is 0.344 e. The second kappa shape index (κ2) is 8.96. The van der Waals surface area contributed by atoms with Crippen molar-refractivity contribution in [1.29, 1.82) is 0 Å². The molecule has 0 fully saturated rings. The summed E-state index contributed by atoms with van der Waals surface area (Å²) in [4.78, 5) is 26.2. The molecule has 1 atom stereocenters. The number of thiophene rings is 1. The second-order valence-corrected chi connectivity index (χ2v) is 6.98. The Balaban J connectivity index is 1.79. The molecule has 2 N–H and O–H groups in total. The number of nitrogens with one attached hydrogen (secondary N) is 2. The Hall–Kier alpha value is -3.18. The Morgan fingerprint density at radius 1 is 0.926 bits per heavy atom. The molecule has 0 aliphatic carbocycles. The third-order valence-electron chi connectivity index (χ3n) is 4.01. The van der Waals surface area contributed by atoms with Crippen molar-refractivity contribution in [3.05, 3.63) is 99.9 Å². The average Bonchev–Trinajstić information content (AvgIpc) is 3.22. The van der Waals surface area contributed by atoms with Gasteiger partial charge in [0, 0.05) is 10.4 Å². The van der Waals surface area contributed by atoms with Crippen LogP contribution in [0.1, 0.15) is 33.8 Å². The van der Waals surface area contributed by atoms with E-state index in [1.807, 2.05) is 60.8 Å². The van der Waals surface area contributed by atoms with E-state index < -0.39 is 0 Å². The number of rotatable bonds is 6. The number of carbonyl (C=O) groups excluding carboxylic acids is 2. The van der Waals surface area contributed by atoms with Gasteiger partial charge in [0.1, 0.15) is 5.70 Å². The Morgan fingerprint density at radius 2 is 1.59 bits per heavy atom. The zero-order chi connectivity index (χ0) is 19.1. The van der Waals surface area contributed by atoms with Crippen LogP contribution in [0.4, 0.5) is 0 Å². The summed E-state index contributed by atoms with van der Waals surface area (Å²) < 4.78 is 0. The van der Waals surface area contributed by atoms with Crippen LogP contribution in [0.15, 0.2) is 83.9 Å². The molecule has 3 rings (SSSR count). The normalized spacial score (nSPS) is 12.3. The van der Waals surface area contributed by atoms with Crippen LogP contribution in [0.5, 0.6) is 0 Å². The third kappa shape index (κ3) is 5.15. The lowest BCUT2D eigenvalue weighted by Crippen LogP contribution is -2.36. The lowest BCUT2D eigenvalue weighted by atomic mass is 10.1. The maximum atomic E-state index is 12.8. The lowest BCUT2D eigenvalue weighted by molar-refractivity contribution is -0.118. The van der Waals surface area contributed by atoms with Crippen LogP contribution in [-0.2, 0) is 4.79 Å². The Kier molecular flexibility index (Phi) is 6.18. The standard InChI is InChI=1S/C22H20N2O2S/c1-16(17-9-4-2-5-10-17)23-22(26)20(15-19-13-8-14-27-19)24-21(25)18-11-6-3-7-12-18/h2-16H,1H3,(H,23,26)(H,24,25)/b20-15-/t16-/m1/s1. The van der Waals surface area contributed by atoms with Crippen LogP contribution >= 0.6 is 11.3 Å². The zero-order valence-corrected chi connectivity index (χ0v) is 15.7. The van der Waals surface area contributed by atoms with E-state index in [2.05, 4.69) is 10.6 Å². The molecule has 0 unspecified atom stereocenters. The molecule has 2 amide bonds. The molecule has 0 radical (unpaired) electrons. The minimum atomic E-state index is -0.330. The smallest absolute Gasteiger partial charge is 0.268 e. The van der Waals surface area contributed by atoms with Gasteiger partial charge in [-0.25, -0.2) is 0 Å². The molecule has 136 valence electrons. The predicted molar refractivity (Wildman–Crippen MR) is 109 cm³/mol. The van der Waals surface area contributed by atoms with Gasteiger partial charge in [0.25, 0.3) is 11.8 Å². The van der Waals surface area contributed by atoms with Gasteiger partial charge in [-0.1, -0.05) is 54.6 Å². The van der Waals surface area contributed by atoms with Crippen molar-refractivity contribution in [2.24, 2.45) is 0 Å². The van der Waals surface area contributed by atoms with Crippen molar-refractivity contribution in [2.75, 3.05) is 0 Å². The predicted octanol–water partition coefficient (Wildman–Crippen LogP) is 4.40. The summed E-state index contributed by atoms with van der Waals surface area (Å²) in [5, 5.41) is 7.62. The van der Waals surface area contributed by atoms with E-state index in [0.717, 1.165) is 10.4 Å². The van der Waals surface area contributed by atoms with Crippen molar-refractivity contribution in [1.82, 2.24) is 10.6 Å². The number of amides is 2. The monoisotopic (exact) mass is 376 g/mol. The fourth-order valence-corrected chi connectivity index (χ4v) is 3.21. The maximum absolute atomic E-state index is 12.8. The molecule has 5 heteroatoms. The molecule has 0 saturated carbocycles. The molecule has 0 spiro atoms. The van der Waals surface area contributed by atoms with E-state index in [0.29, 0.717) is 5.56 Å². The Labute approximate surface area is 162 Å². The van der Waals surface area contributed by atoms with E-state index in [1.165, 1.54) is 11.3 Å². The van der Waals surface area contributed by atoms with Crippen LogP contribution in [-0.4, -0.2) is 11.8 Å². The summed E-state index contributed by atoms with van der Waals surface area (Å²) in [7, 11) is 0. The molecule has 1 aromatic heterocycles. The number of hydrogen-bond donors (Lipinski definition) is 2. The minimum absolute atomic E-state index is 0.181. The first-order valence-corrected chi connectivity index (χ1v) is 9.49.